The summed E-state index contributed by atoms with van der Waals surface area (Å²) in [6, 6.07) is 0. The molecule has 30 valence electrons. The van der Waals surface area contributed by atoms with Gasteiger partial charge in [0.05, 0.1) is 0 Å². The SMILES string of the molecule is Cl.[CH2-]CC.[Cd]. The van der Waals surface area contributed by atoms with E-state index in [-0.39, 0.29) is 39.7 Å². The molecule has 0 aromatic carbocycles. The van der Waals surface area contributed by atoms with Crippen molar-refractivity contribution >= 4 is 12.4 Å². The standard InChI is InChI=1S/C3H7.Cd.ClH/c1-3-2;;/h1,3H2,2H3;;1H/q-1;;. The average Bonchev–Trinajstić information content (AvgIpc) is 0.918. The normalized spacial score (nSPS) is 3.60. The molecule has 0 saturated carbocycles. The first kappa shape index (κ1) is 16.4. The van der Waals surface area contributed by atoms with Crippen LogP contribution in [0.3, 0.4) is 0 Å². The molecule has 0 aromatic heterocycles. The van der Waals surface area contributed by atoms with Crippen molar-refractivity contribution in [3.05, 3.63) is 6.92 Å². The maximum Gasteiger partial charge on any atom is 0 e. The van der Waals surface area contributed by atoms with Crippen LogP contribution in [0, 0.1) is 6.92 Å². The van der Waals surface area contributed by atoms with E-state index in [9.17, 15) is 0 Å². The van der Waals surface area contributed by atoms with E-state index in [0.717, 1.165) is 6.42 Å². The molecule has 0 spiro atoms. The summed E-state index contributed by atoms with van der Waals surface area (Å²) in [5.74, 6) is 0. The van der Waals surface area contributed by atoms with Crippen LogP contribution in [-0.4, -0.2) is 0 Å². The summed E-state index contributed by atoms with van der Waals surface area (Å²) in [4.78, 5) is 0. The molecule has 0 unspecified atom stereocenters. The third kappa shape index (κ3) is 36.6. The molecule has 0 heterocycles. The van der Waals surface area contributed by atoms with Crippen LogP contribution in [0.25, 0.3) is 0 Å². The van der Waals surface area contributed by atoms with Crippen LogP contribution in [0.2, 0.25) is 0 Å². The monoisotopic (exact) mass is 193 g/mol. The van der Waals surface area contributed by atoms with Crippen molar-refractivity contribution in [3.8, 4) is 0 Å². The van der Waals surface area contributed by atoms with E-state index >= 15 is 0 Å². The summed E-state index contributed by atoms with van der Waals surface area (Å²) in [6.45, 7) is 5.50. The Morgan fingerprint density at radius 3 is 1.60 bits per heavy atom. The predicted octanol–water partition coefficient (Wildman–Crippen LogP) is 1.65. The minimum atomic E-state index is 0. The fourth-order valence-electron chi connectivity index (χ4n) is 0. The Kier molecular flexibility index (Phi) is 61.8. The number of halogens is 1. The minimum absolute atomic E-state index is 0. The second-order valence-corrected chi connectivity index (χ2v) is 0.500. The van der Waals surface area contributed by atoms with Gasteiger partial charge in [0.2, 0.25) is 0 Å². The van der Waals surface area contributed by atoms with Gasteiger partial charge >= 0.3 is 0 Å². The van der Waals surface area contributed by atoms with E-state index in [1.165, 1.54) is 0 Å². The molecule has 0 aliphatic rings. The zero-order chi connectivity index (χ0) is 2.71. The van der Waals surface area contributed by atoms with E-state index in [0.29, 0.717) is 0 Å². The third-order valence-electron chi connectivity index (χ3n) is 0. The molecule has 0 nitrogen and oxygen atoms in total. The van der Waals surface area contributed by atoms with Crippen LogP contribution in [-0.2, 0) is 27.3 Å². The Balaban J connectivity index is -0.0000000200. The van der Waals surface area contributed by atoms with Crippen molar-refractivity contribution in [1.29, 1.82) is 0 Å². The first-order valence-corrected chi connectivity index (χ1v) is 1.21. The van der Waals surface area contributed by atoms with Gasteiger partial charge in [0, 0.05) is 27.3 Å². The first-order valence-electron chi connectivity index (χ1n) is 1.21. The second kappa shape index (κ2) is 18.9. The van der Waals surface area contributed by atoms with Gasteiger partial charge in [-0.2, -0.15) is 6.42 Å². The van der Waals surface area contributed by atoms with Crippen molar-refractivity contribution in [2.24, 2.45) is 0 Å². The Bertz CT molecular complexity index is 6.85. The molecule has 0 radical (unpaired) electrons. The third-order valence-corrected chi connectivity index (χ3v) is 0. The van der Waals surface area contributed by atoms with Crippen molar-refractivity contribution in [3.63, 3.8) is 0 Å². The molecule has 0 aromatic rings. The summed E-state index contributed by atoms with van der Waals surface area (Å²) < 4.78 is 0. The second-order valence-electron chi connectivity index (χ2n) is 0.500. The molecule has 0 saturated heterocycles. The van der Waals surface area contributed by atoms with Gasteiger partial charge in [-0.1, -0.05) is 6.92 Å². The minimum Gasteiger partial charge on any atom is -0.344 e. The van der Waals surface area contributed by atoms with Crippen LogP contribution in [0.5, 0.6) is 0 Å². The molecule has 0 N–H and O–H groups in total. The van der Waals surface area contributed by atoms with Crippen LogP contribution in [0.4, 0.5) is 0 Å². The van der Waals surface area contributed by atoms with Gasteiger partial charge in [0.15, 0.2) is 0 Å². The topological polar surface area (TPSA) is 0 Å². The molecule has 0 aliphatic carbocycles. The largest absolute Gasteiger partial charge is 0.344 e. The molecule has 0 rings (SSSR count). The van der Waals surface area contributed by atoms with Gasteiger partial charge in [-0.05, 0) is 0 Å². The van der Waals surface area contributed by atoms with Crippen LogP contribution in [0.1, 0.15) is 13.3 Å². The van der Waals surface area contributed by atoms with E-state index in [1.807, 2.05) is 6.92 Å². The van der Waals surface area contributed by atoms with Crippen LogP contribution >= 0.6 is 12.4 Å². The summed E-state index contributed by atoms with van der Waals surface area (Å²) in [5, 5.41) is 0. The smallest absolute Gasteiger partial charge is 0 e. The Labute approximate surface area is 59.9 Å². The molecule has 2 heteroatoms. The summed E-state index contributed by atoms with van der Waals surface area (Å²) in [7, 11) is 0. The molecule has 5 heavy (non-hydrogen) atoms. The average molecular weight is 192 g/mol. The molecular formula is C3H8CdCl-. The summed E-state index contributed by atoms with van der Waals surface area (Å²) in [5.41, 5.74) is 0. The number of hydrogen-bond donors (Lipinski definition) is 0. The van der Waals surface area contributed by atoms with Gasteiger partial charge in [-0.15, -0.1) is 12.4 Å². The Hall–Kier alpha value is 1.21. The van der Waals surface area contributed by atoms with Crippen molar-refractivity contribution < 1.29 is 27.3 Å². The molecule has 0 aliphatic heterocycles. The predicted molar refractivity (Wildman–Crippen MR) is 22.9 cm³/mol. The molecule has 0 atom stereocenters. The van der Waals surface area contributed by atoms with Crippen LogP contribution < -0.4 is 0 Å². The van der Waals surface area contributed by atoms with Crippen molar-refractivity contribution in [1.82, 2.24) is 0 Å². The summed E-state index contributed by atoms with van der Waals surface area (Å²) >= 11 is 0. The maximum atomic E-state index is 3.49. The first-order chi connectivity index (χ1) is 1.41. The Morgan fingerprint density at radius 1 is 1.60 bits per heavy atom. The summed E-state index contributed by atoms with van der Waals surface area (Å²) in [6.07, 6.45) is 1.00. The van der Waals surface area contributed by atoms with Crippen LogP contribution in [0.15, 0.2) is 0 Å². The van der Waals surface area contributed by atoms with E-state index in [2.05, 4.69) is 6.92 Å². The fraction of sp³-hybridized carbons (Fsp3) is 0.667. The maximum absolute atomic E-state index is 3.49. The molecule has 0 fully saturated rings. The van der Waals surface area contributed by atoms with Gasteiger partial charge in [0.25, 0.3) is 0 Å². The quantitative estimate of drug-likeness (QED) is 0.404. The van der Waals surface area contributed by atoms with Crippen molar-refractivity contribution in [2.75, 3.05) is 0 Å². The van der Waals surface area contributed by atoms with Gasteiger partial charge in [-0.25, -0.2) is 0 Å². The molecule has 0 amide bonds. The zero-order valence-corrected chi connectivity index (χ0v) is 8.38. The van der Waals surface area contributed by atoms with E-state index in [4.69, 9.17) is 0 Å². The van der Waals surface area contributed by atoms with Gasteiger partial charge < -0.3 is 6.92 Å². The van der Waals surface area contributed by atoms with Gasteiger partial charge in [-0.3, -0.25) is 0 Å². The van der Waals surface area contributed by atoms with E-state index < -0.39 is 0 Å². The zero-order valence-electron chi connectivity index (χ0n) is 3.53. The number of rotatable bonds is 0. The van der Waals surface area contributed by atoms with Gasteiger partial charge in [0.1, 0.15) is 0 Å². The van der Waals surface area contributed by atoms with E-state index in [1.54, 1.807) is 0 Å². The van der Waals surface area contributed by atoms with Crippen molar-refractivity contribution in [2.45, 2.75) is 13.3 Å². The number of hydrogen-bond acceptors (Lipinski definition) is 0. The Morgan fingerprint density at radius 2 is 1.60 bits per heavy atom. The fourth-order valence-corrected chi connectivity index (χ4v) is 0. The molecule has 0 bridgehead atoms. The molecular weight excluding hydrogens is 184 g/mol.